The van der Waals surface area contributed by atoms with Crippen LogP contribution < -0.4 is 0 Å². The third-order valence-corrected chi connectivity index (χ3v) is 4.30. The quantitative estimate of drug-likeness (QED) is 0.745. The van der Waals surface area contributed by atoms with Crippen molar-refractivity contribution in [2.24, 2.45) is 0 Å². The van der Waals surface area contributed by atoms with E-state index in [0.717, 1.165) is 24.0 Å². The lowest BCUT2D eigenvalue weighted by Crippen LogP contribution is -2.19. The third-order valence-electron chi connectivity index (χ3n) is 4.30. The molecule has 0 saturated heterocycles. The number of nitrogens with zero attached hydrogens (tertiary/aromatic N) is 1. The third kappa shape index (κ3) is 1.92. The Morgan fingerprint density at radius 3 is 2.79 bits per heavy atom. The monoisotopic (exact) mass is 253 g/mol. The molecule has 0 N–H and O–H groups in total. The van der Waals surface area contributed by atoms with E-state index in [0.29, 0.717) is 6.04 Å². The first-order valence-electron chi connectivity index (χ1n) is 6.93. The van der Waals surface area contributed by atoms with E-state index in [2.05, 4.69) is 35.8 Å². The number of benzene rings is 1. The minimum Gasteiger partial charge on any atom is -0.341 e. The van der Waals surface area contributed by atoms with Crippen molar-refractivity contribution in [3.8, 4) is 0 Å². The van der Waals surface area contributed by atoms with Crippen LogP contribution >= 0.6 is 0 Å². The van der Waals surface area contributed by atoms with E-state index in [9.17, 15) is 4.79 Å². The minimum absolute atomic E-state index is 0.388. The Bertz CT molecular complexity index is 624. The van der Waals surface area contributed by atoms with Gasteiger partial charge in [-0.2, -0.15) is 0 Å². The number of rotatable bonds is 2. The second-order valence-electron chi connectivity index (χ2n) is 5.42. The van der Waals surface area contributed by atoms with Gasteiger partial charge in [-0.05, 0) is 50.3 Å². The van der Waals surface area contributed by atoms with E-state index in [1.54, 1.807) is 0 Å². The summed E-state index contributed by atoms with van der Waals surface area (Å²) < 4.78 is 2.34. The molecular formula is C17H19NO. The molecule has 2 heteroatoms. The van der Waals surface area contributed by atoms with Gasteiger partial charge in [-0.15, -0.1) is 0 Å². The minimum atomic E-state index is 0.388. The van der Waals surface area contributed by atoms with Crippen LogP contribution in [0.4, 0.5) is 0 Å². The standard InChI is InChI=1S/C17H19NO/c1-12-10-15(11-19)13(2)18(12)17-9-5-7-14-6-3-4-8-16(14)17/h3-4,6,8,10-11,17H,5,7,9H2,1-2H3. The number of aromatic nitrogens is 1. The fourth-order valence-corrected chi connectivity index (χ4v) is 3.40. The van der Waals surface area contributed by atoms with E-state index in [4.69, 9.17) is 0 Å². The second kappa shape index (κ2) is 4.69. The van der Waals surface area contributed by atoms with Crippen LogP contribution in [-0.2, 0) is 6.42 Å². The first-order chi connectivity index (χ1) is 9.22. The average molecular weight is 253 g/mol. The summed E-state index contributed by atoms with van der Waals surface area (Å²) in [6, 6.07) is 11.1. The van der Waals surface area contributed by atoms with Crippen LogP contribution in [0.5, 0.6) is 0 Å². The number of carbonyl (C=O) groups excluding carboxylic acids is 1. The summed E-state index contributed by atoms with van der Waals surface area (Å²) in [6.45, 7) is 4.14. The van der Waals surface area contributed by atoms with Gasteiger partial charge in [-0.3, -0.25) is 4.79 Å². The van der Waals surface area contributed by atoms with Crippen molar-refractivity contribution in [3.63, 3.8) is 0 Å². The molecule has 0 saturated carbocycles. The molecular weight excluding hydrogens is 234 g/mol. The highest BCUT2D eigenvalue weighted by Crippen LogP contribution is 2.35. The van der Waals surface area contributed by atoms with E-state index < -0.39 is 0 Å². The molecule has 1 heterocycles. The molecule has 19 heavy (non-hydrogen) atoms. The number of hydrogen-bond donors (Lipinski definition) is 0. The van der Waals surface area contributed by atoms with Gasteiger partial charge in [0.05, 0.1) is 6.04 Å². The molecule has 0 aliphatic heterocycles. The number of carbonyl (C=O) groups is 1. The van der Waals surface area contributed by atoms with Crippen molar-refractivity contribution >= 4 is 6.29 Å². The topological polar surface area (TPSA) is 22.0 Å². The Labute approximate surface area is 114 Å². The molecule has 3 rings (SSSR count). The first kappa shape index (κ1) is 12.2. The fraction of sp³-hybridized carbons (Fsp3) is 0.353. The highest BCUT2D eigenvalue weighted by molar-refractivity contribution is 5.77. The largest absolute Gasteiger partial charge is 0.341 e. The van der Waals surface area contributed by atoms with Gasteiger partial charge in [0, 0.05) is 17.0 Å². The molecule has 1 unspecified atom stereocenters. The highest BCUT2D eigenvalue weighted by atomic mass is 16.1. The Morgan fingerprint density at radius 2 is 2.05 bits per heavy atom. The van der Waals surface area contributed by atoms with Gasteiger partial charge in [0.15, 0.2) is 6.29 Å². The van der Waals surface area contributed by atoms with Crippen molar-refractivity contribution in [2.75, 3.05) is 0 Å². The molecule has 0 fully saturated rings. The van der Waals surface area contributed by atoms with E-state index >= 15 is 0 Å². The van der Waals surface area contributed by atoms with Crippen LogP contribution in [0.2, 0.25) is 0 Å². The Kier molecular flexibility index (Phi) is 3.02. The second-order valence-corrected chi connectivity index (χ2v) is 5.42. The molecule has 1 aliphatic carbocycles. The summed E-state index contributed by atoms with van der Waals surface area (Å²) in [7, 11) is 0. The van der Waals surface area contributed by atoms with Gasteiger partial charge in [-0.25, -0.2) is 0 Å². The average Bonchev–Trinajstić information content (AvgIpc) is 2.73. The zero-order chi connectivity index (χ0) is 13.4. The Balaban J connectivity index is 2.14. The molecule has 0 radical (unpaired) electrons. The maximum absolute atomic E-state index is 11.1. The van der Waals surface area contributed by atoms with Crippen molar-refractivity contribution in [3.05, 3.63) is 58.4 Å². The maximum atomic E-state index is 11.1. The number of aldehydes is 1. The lowest BCUT2D eigenvalue weighted by atomic mass is 9.87. The molecule has 0 amide bonds. The summed E-state index contributed by atoms with van der Waals surface area (Å²) in [5.41, 5.74) is 5.97. The zero-order valence-electron chi connectivity index (χ0n) is 11.5. The molecule has 1 aromatic carbocycles. The Morgan fingerprint density at radius 1 is 1.26 bits per heavy atom. The van der Waals surface area contributed by atoms with Gasteiger partial charge in [0.1, 0.15) is 0 Å². The van der Waals surface area contributed by atoms with Crippen LogP contribution in [0.3, 0.4) is 0 Å². The SMILES string of the molecule is Cc1cc(C=O)c(C)n1C1CCCc2ccccc21. The van der Waals surface area contributed by atoms with E-state index in [-0.39, 0.29) is 0 Å². The zero-order valence-corrected chi connectivity index (χ0v) is 11.5. The van der Waals surface area contributed by atoms with Gasteiger partial charge in [0.25, 0.3) is 0 Å². The van der Waals surface area contributed by atoms with Crippen LogP contribution in [-0.4, -0.2) is 10.9 Å². The molecule has 0 spiro atoms. The highest BCUT2D eigenvalue weighted by Gasteiger charge is 2.24. The number of aryl methyl sites for hydroxylation is 2. The van der Waals surface area contributed by atoms with Gasteiger partial charge >= 0.3 is 0 Å². The molecule has 0 bridgehead atoms. The summed E-state index contributed by atoms with van der Waals surface area (Å²) in [4.78, 5) is 11.1. The number of fused-ring (bicyclic) bond motifs is 1. The molecule has 98 valence electrons. The van der Waals surface area contributed by atoms with Gasteiger partial charge in [0.2, 0.25) is 0 Å². The maximum Gasteiger partial charge on any atom is 0.151 e. The van der Waals surface area contributed by atoms with Crippen molar-refractivity contribution in [1.29, 1.82) is 0 Å². The summed E-state index contributed by atoms with van der Waals surface area (Å²) in [5.74, 6) is 0. The van der Waals surface area contributed by atoms with Crippen LogP contribution in [0, 0.1) is 13.8 Å². The fourth-order valence-electron chi connectivity index (χ4n) is 3.40. The summed E-state index contributed by atoms with van der Waals surface area (Å²) in [6.07, 6.45) is 4.51. The predicted molar refractivity (Wildman–Crippen MR) is 76.8 cm³/mol. The van der Waals surface area contributed by atoms with Crippen LogP contribution in [0.25, 0.3) is 0 Å². The molecule has 1 atom stereocenters. The van der Waals surface area contributed by atoms with Crippen molar-refractivity contribution < 1.29 is 4.79 Å². The van der Waals surface area contributed by atoms with Crippen LogP contribution in [0.1, 0.15) is 51.8 Å². The summed E-state index contributed by atoms with van der Waals surface area (Å²) in [5, 5.41) is 0. The van der Waals surface area contributed by atoms with E-state index in [1.807, 2.05) is 13.0 Å². The lowest BCUT2D eigenvalue weighted by molar-refractivity contribution is 0.112. The van der Waals surface area contributed by atoms with Gasteiger partial charge < -0.3 is 4.57 Å². The predicted octanol–water partition coefficient (Wildman–Crippen LogP) is 3.84. The van der Waals surface area contributed by atoms with E-state index in [1.165, 1.54) is 29.7 Å². The smallest absolute Gasteiger partial charge is 0.151 e. The van der Waals surface area contributed by atoms with Gasteiger partial charge in [-0.1, -0.05) is 24.3 Å². The van der Waals surface area contributed by atoms with Crippen molar-refractivity contribution in [1.82, 2.24) is 4.57 Å². The summed E-state index contributed by atoms with van der Waals surface area (Å²) >= 11 is 0. The normalized spacial score (nSPS) is 18.1. The first-order valence-corrected chi connectivity index (χ1v) is 6.93. The lowest BCUT2D eigenvalue weighted by Gasteiger charge is -2.29. The number of hydrogen-bond acceptors (Lipinski definition) is 1. The van der Waals surface area contributed by atoms with Crippen LogP contribution in [0.15, 0.2) is 30.3 Å². The molecule has 2 aromatic rings. The molecule has 1 aromatic heterocycles. The molecule has 1 aliphatic rings. The van der Waals surface area contributed by atoms with Crippen molar-refractivity contribution in [2.45, 2.75) is 39.2 Å². The molecule has 2 nitrogen and oxygen atoms in total. The Hall–Kier alpha value is -1.83.